The Hall–Kier alpha value is -4.52. The standard InChI is InChI=1S/C32H39N5O8/c1-14(2)22(38)26(40)33-19-12-16-9-10-18-17(11-16)32(8,30(42)35-18)24-21(27-34-20(13-43-27)29(41)44-15(3)4)36-28(45-24)23(31(5,6)7)37-25(19)39/h9-11,13-15,19,22-23,38H,12H2,1-8H3,(H,33,40)(H,35,42)(H,37,39)/t19-,22-,23+,32-/m0/s1. The topological polar surface area (TPSA) is 186 Å². The number of rotatable bonds is 6. The van der Waals surface area contributed by atoms with E-state index in [9.17, 15) is 24.3 Å². The molecule has 3 aromatic rings. The van der Waals surface area contributed by atoms with Crippen LogP contribution in [0.5, 0.6) is 0 Å². The van der Waals surface area contributed by atoms with Crippen molar-refractivity contribution in [2.75, 3.05) is 5.32 Å². The number of amides is 3. The number of aromatic nitrogens is 2. The Balaban J connectivity index is 1.69. The number of nitrogens with zero attached hydrogens (tertiary/aromatic N) is 2. The first-order valence-electron chi connectivity index (χ1n) is 14.9. The van der Waals surface area contributed by atoms with Crippen molar-refractivity contribution in [1.82, 2.24) is 20.6 Å². The average molecular weight is 622 g/mol. The molecule has 2 aromatic heterocycles. The summed E-state index contributed by atoms with van der Waals surface area (Å²) in [5.74, 6) is -2.53. The molecule has 13 heteroatoms. The van der Waals surface area contributed by atoms with Crippen LogP contribution in [0.15, 0.2) is 33.3 Å². The smallest absolute Gasteiger partial charge is 0.360 e. The molecule has 5 rings (SSSR count). The Morgan fingerprint density at radius 2 is 1.87 bits per heavy atom. The van der Waals surface area contributed by atoms with Gasteiger partial charge in [0, 0.05) is 12.1 Å². The maximum Gasteiger partial charge on any atom is 0.360 e. The van der Waals surface area contributed by atoms with Crippen LogP contribution in [0, 0.1) is 11.3 Å². The molecule has 2 aliphatic rings. The summed E-state index contributed by atoms with van der Waals surface area (Å²) >= 11 is 0. The largest absolute Gasteiger partial charge is 0.458 e. The van der Waals surface area contributed by atoms with Crippen LogP contribution in [0.25, 0.3) is 11.6 Å². The number of fused-ring (bicyclic) bond motifs is 4. The average Bonchev–Trinajstić information content (AvgIpc) is 3.66. The summed E-state index contributed by atoms with van der Waals surface area (Å²) in [7, 11) is 0. The molecule has 0 fully saturated rings. The Morgan fingerprint density at radius 3 is 2.51 bits per heavy atom. The molecule has 0 radical (unpaired) electrons. The van der Waals surface area contributed by atoms with Gasteiger partial charge in [0.05, 0.1) is 6.10 Å². The Kier molecular flexibility index (Phi) is 8.11. The molecule has 2 aliphatic heterocycles. The number of carbonyl (C=O) groups is 4. The normalized spacial score (nSPS) is 21.9. The number of aliphatic hydroxyl groups is 1. The lowest BCUT2D eigenvalue weighted by Crippen LogP contribution is -2.53. The van der Waals surface area contributed by atoms with Crippen LogP contribution in [0.4, 0.5) is 5.69 Å². The predicted molar refractivity (Wildman–Crippen MR) is 161 cm³/mol. The number of aliphatic hydroxyl groups excluding tert-OH is 1. The molecular weight excluding hydrogens is 582 g/mol. The number of hydrogen-bond acceptors (Lipinski definition) is 10. The minimum atomic E-state index is -1.42. The van der Waals surface area contributed by atoms with Crippen molar-refractivity contribution in [2.24, 2.45) is 11.3 Å². The molecule has 4 N–H and O–H groups in total. The van der Waals surface area contributed by atoms with Crippen molar-refractivity contribution < 1.29 is 37.9 Å². The van der Waals surface area contributed by atoms with Crippen LogP contribution in [-0.2, 0) is 31.0 Å². The number of nitrogens with one attached hydrogen (secondary N) is 3. The second-order valence-corrected chi connectivity index (χ2v) is 13.4. The fourth-order valence-electron chi connectivity index (χ4n) is 5.43. The zero-order valence-corrected chi connectivity index (χ0v) is 26.6. The summed E-state index contributed by atoms with van der Waals surface area (Å²) in [5, 5.41) is 19.0. The maximum absolute atomic E-state index is 13.9. The zero-order chi connectivity index (χ0) is 33.0. The Labute approximate surface area is 260 Å². The lowest BCUT2D eigenvalue weighted by atomic mass is 9.79. The van der Waals surface area contributed by atoms with Gasteiger partial charge in [-0.3, -0.25) is 14.4 Å². The Bertz CT molecular complexity index is 1670. The van der Waals surface area contributed by atoms with Gasteiger partial charge in [-0.25, -0.2) is 14.8 Å². The monoisotopic (exact) mass is 621 g/mol. The van der Waals surface area contributed by atoms with E-state index >= 15 is 0 Å². The number of carbonyl (C=O) groups excluding carboxylic acids is 4. The molecule has 13 nitrogen and oxygen atoms in total. The second-order valence-electron chi connectivity index (χ2n) is 13.4. The highest BCUT2D eigenvalue weighted by Crippen LogP contribution is 2.48. The number of anilines is 1. The summed E-state index contributed by atoms with van der Waals surface area (Å²) in [6, 6.07) is 3.34. The van der Waals surface area contributed by atoms with Crippen molar-refractivity contribution in [3.63, 3.8) is 0 Å². The summed E-state index contributed by atoms with van der Waals surface area (Å²) in [6.45, 7) is 14.1. The fraction of sp³-hybridized carbons (Fsp3) is 0.500. The number of oxazole rings is 2. The number of benzene rings is 1. The molecule has 4 heterocycles. The van der Waals surface area contributed by atoms with E-state index in [2.05, 4.69) is 20.9 Å². The summed E-state index contributed by atoms with van der Waals surface area (Å²) in [4.78, 5) is 62.2. The van der Waals surface area contributed by atoms with Gasteiger partial charge < -0.3 is 34.6 Å². The van der Waals surface area contributed by atoms with Crippen LogP contribution in [0.2, 0.25) is 0 Å². The number of ether oxygens (including phenoxy) is 1. The zero-order valence-electron chi connectivity index (χ0n) is 26.6. The molecule has 0 saturated carbocycles. The van der Waals surface area contributed by atoms with Crippen LogP contribution in [-0.4, -0.2) is 57.0 Å². The quantitative estimate of drug-likeness (QED) is 0.297. The third-order valence-electron chi connectivity index (χ3n) is 8.05. The van der Waals surface area contributed by atoms with E-state index in [0.29, 0.717) is 16.8 Å². The molecule has 0 aliphatic carbocycles. The van der Waals surface area contributed by atoms with Gasteiger partial charge in [-0.2, -0.15) is 0 Å². The lowest BCUT2D eigenvalue weighted by Gasteiger charge is -2.31. The van der Waals surface area contributed by atoms with E-state index in [1.54, 1.807) is 52.8 Å². The van der Waals surface area contributed by atoms with Crippen molar-refractivity contribution in [2.45, 2.75) is 91.5 Å². The minimum absolute atomic E-state index is 0.0665. The van der Waals surface area contributed by atoms with Gasteiger partial charge in [0.1, 0.15) is 29.9 Å². The van der Waals surface area contributed by atoms with E-state index in [4.69, 9.17) is 18.6 Å². The highest BCUT2D eigenvalue weighted by Gasteiger charge is 2.51. The molecular formula is C32H39N5O8. The molecule has 0 spiro atoms. The predicted octanol–water partition coefficient (Wildman–Crippen LogP) is 3.41. The van der Waals surface area contributed by atoms with Gasteiger partial charge in [-0.1, -0.05) is 46.8 Å². The van der Waals surface area contributed by atoms with Crippen LogP contribution >= 0.6 is 0 Å². The van der Waals surface area contributed by atoms with E-state index in [1.807, 2.05) is 20.8 Å². The lowest BCUT2D eigenvalue weighted by molar-refractivity contribution is -0.136. The first kappa shape index (κ1) is 31.9. The van der Waals surface area contributed by atoms with E-state index in [-0.39, 0.29) is 53.3 Å². The summed E-state index contributed by atoms with van der Waals surface area (Å²) in [6.07, 6.45) is -0.469. The van der Waals surface area contributed by atoms with Crippen LogP contribution in [0.1, 0.15) is 94.7 Å². The molecule has 240 valence electrons. The maximum atomic E-state index is 13.9. The van der Waals surface area contributed by atoms with Gasteiger partial charge in [0.15, 0.2) is 17.1 Å². The minimum Gasteiger partial charge on any atom is -0.458 e. The van der Waals surface area contributed by atoms with Crippen molar-refractivity contribution >= 4 is 29.4 Å². The summed E-state index contributed by atoms with van der Waals surface area (Å²) in [5.41, 5.74) is -0.353. The van der Waals surface area contributed by atoms with Crippen molar-refractivity contribution in [1.29, 1.82) is 0 Å². The van der Waals surface area contributed by atoms with Crippen LogP contribution < -0.4 is 16.0 Å². The van der Waals surface area contributed by atoms with E-state index in [1.165, 1.54) is 0 Å². The number of esters is 1. The van der Waals surface area contributed by atoms with Gasteiger partial charge in [-0.05, 0) is 49.3 Å². The van der Waals surface area contributed by atoms with Gasteiger partial charge in [-0.15, -0.1) is 0 Å². The van der Waals surface area contributed by atoms with Gasteiger partial charge >= 0.3 is 5.97 Å². The molecule has 4 bridgehead atoms. The highest BCUT2D eigenvalue weighted by atomic mass is 16.5. The first-order chi connectivity index (χ1) is 21.0. The third-order valence-corrected chi connectivity index (χ3v) is 8.05. The third kappa shape index (κ3) is 5.84. The molecule has 1 aromatic carbocycles. The van der Waals surface area contributed by atoms with E-state index in [0.717, 1.165) is 6.26 Å². The molecule has 4 atom stereocenters. The van der Waals surface area contributed by atoms with Crippen LogP contribution in [0.3, 0.4) is 0 Å². The van der Waals surface area contributed by atoms with Gasteiger partial charge in [0.25, 0.3) is 0 Å². The van der Waals surface area contributed by atoms with E-state index < -0.39 is 46.8 Å². The second kappa shape index (κ2) is 11.4. The van der Waals surface area contributed by atoms with Gasteiger partial charge in [0.2, 0.25) is 29.5 Å². The molecule has 3 amide bonds. The Morgan fingerprint density at radius 1 is 1.16 bits per heavy atom. The highest BCUT2D eigenvalue weighted by molar-refractivity contribution is 6.08. The SMILES string of the molecule is CC(C)OC(=O)c1coc(-c2nc3oc2[C@@]2(C)C(=O)Nc4ccc(cc42)C[C@H](NC(=O)[C@@H](O)C(C)C)C(=O)N[C@H]3C(C)(C)C)n1. The molecule has 45 heavy (non-hydrogen) atoms. The van der Waals surface area contributed by atoms with Crippen molar-refractivity contribution in [3.8, 4) is 11.6 Å². The fourth-order valence-corrected chi connectivity index (χ4v) is 5.43. The van der Waals surface area contributed by atoms with Crippen molar-refractivity contribution in [3.05, 3.63) is 52.9 Å². The first-order valence-corrected chi connectivity index (χ1v) is 14.9. The molecule has 0 unspecified atom stereocenters. The summed E-state index contributed by atoms with van der Waals surface area (Å²) < 4.78 is 17.4. The molecule has 0 saturated heterocycles. The number of hydrogen-bond donors (Lipinski definition) is 4.